The standard InChI is InChI=1S/C17H12ClNO/c18-15-7-3-1-6-14(15)17(20)10-9-12-11-19-16-8-4-2-5-13(12)16/h1-11,19H/b10-9+. The number of carbonyl (C=O) groups excluding carboxylic acids is 1. The van der Waals surface area contributed by atoms with Crippen molar-refractivity contribution in [3.05, 3.63) is 77.0 Å². The molecule has 0 atom stereocenters. The minimum absolute atomic E-state index is 0.0964. The summed E-state index contributed by atoms with van der Waals surface area (Å²) in [5.41, 5.74) is 2.56. The molecule has 3 heteroatoms. The number of fused-ring (bicyclic) bond motifs is 1. The molecular weight excluding hydrogens is 270 g/mol. The van der Waals surface area contributed by atoms with Crippen LogP contribution in [-0.4, -0.2) is 10.8 Å². The van der Waals surface area contributed by atoms with E-state index in [1.807, 2.05) is 42.6 Å². The van der Waals surface area contributed by atoms with E-state index in [1.54, 1.807) is 24.3 Å². The third-order valence-electron chi connectivity index (χ3n) is 3.17. The highest BCUT2D eigenvalue weighted by Gasteiger charge is 2.06. The number of halogens is 1. The molecule has 0 aliphatic rings. The maximum atomic E-state index is 12.1. The molecule has 0 unspecified atom stereocenters. The molecule has 2 aromatic carbocycles. The zero-order chi connectivity index (χ0) is 13.9. The molecule has 0 aliphatic carbocycles. The van der Waals surface area contributed by atoms with Crippen LogP contribution in [-0.2, 0) is 0 Å². The quantitative estimate of drug-likeness (QED) is 0.547. The monoisotopic (exact) mass is 281 g/mol. The number of aromatic nitrogens is 1. The summed E-state index contributed by atoms with van der Waals surface area (Å²) < 4.78 is 0. The van der Waals surface area contributed by atoms with E-state index < -0.39 is 0 Å². The van der Waals surface area contributed by atoms with Crippen LogP contribution in [0.2, 0.25) is 5.02 Å². The van der Waals surface area contributed by atoms with Gasteiger partial charge in [-0.3, -0.25) is 4.79 Å². The molecule has 0 saturated carbocycles. The van der Waals surface area contributed by atoms with E-state index in [0.717, 1.165) is 16.5 Å². The van der Waals surface area contributed by atoms with Crippen LogP contribution in [0.3, 0.4) is 0 Å². The maximum Gasteiger partial charge on any atom is 0.187 e. The van der Waals surface area contributed by atoms with Crippen molar-refractivity contribution >= 4 is 34.4 Å². The van der Waals surface area contributed by atoms with Crippen molar-refractivity contribution in [2.45, 2.75) is 0 Å². The number of H-pyrrole nitrogens is 1. The number of para-hydroxylation sites is 1. The summed E-state index contributed by atoms with van der Waals surface area (Å²) in [6, 6.07) is 15.0. The first-order valence-corrected chi connectivity index (χ1v) is 6.66. The molecular formula is C17H12ClNO. The fourth-order valence-corrected chi connectivity index (χ4v) is 2.38. The lowest BCUT2D eigenvalue weighted by atomic mass is 10.1. The van der Waals surface area contributed by atoms with E-state index in [4.69, 9.17) is 11.6 Å². The second-order valence-electron chi connectivity index (χ2n) is 4.47. The van der Waals surface area contributed by atoms with Gasteiger partial charge >= 0.3 is 0 Å². The van der Waals surface area contributed by atoms with E-state index in [9.17, 15) is 4.79 Å². The molecule has 0 fully saturated rings. The lowest BCUT2D eigenvalue weighted by molar-refractivity contribution is 0.104. The van der Waals surface area contributed by atoms with Gasteiger partial charge in [-0.05, 0) is 35.9 Å². The normalized spacial score (nSPS) is 11.2. The number of nitrogens with one attached hydrogen (secondary N) is 1. The zero-order valence-electron chi connectivity index (χ0n) is 10.6. The van der Waals surface area contributed by atoms with Gasteiger partial charge in [-0.1, -0.05) is 41.9 Å². The second-order valence-corrected chi connectivity index (χ2v) is 4.87. The van der Waals surface area contributed by atoms with Gasteiger partial charge in [0, 0.05) is 22.7 Å². The van der Waals surface area contributed by atoms with Gasteiger partial charge in [-0.15, -0.1) is 0 Å². The molecule has 0 amide bonds. The van der Waals surface area contributed by atoms with Gasteiger partial charge in [0.25, 0.3) is 0 Å². The second kappa shape index (κ2) is 5.35. The summed E-state index contributed by atoms with van der Waals surface area (Å²) in [5, 5.41) is 1.57. The van der Waals surface area contributed by atoms with E-state index in [1.165, 1.54) is 0 Å². The Balaban J connectivity index is 1.91. The number of hydrogen-bond acceptors (Lipinski definition) is 1. The van der Waals surface area contributed by atoms with Crippen molar-refractivity contribution in [2.24, 2.45) is 0 Å². The van der Waals surface area contributed by atoms with Crippen LogP contribution in [0.4, 0.5) is 0 Å². The zero-order valence-corrected chi connectivity index (χ0v) is 11.4. The Morgan fingerprint density at radius 3 is 2.65 bits per heavy atom. The number of hydrogen-bond donors (Lipinski definition) is 1. The Morgan fingerprint density at radius 1 is 1.05 bits per heavy atom. The minimum Gasteiger partial charge on any atom is -0.361 e. The van der Waals surface area contributed by atoms with Gasteiger partial charge in [-0.2, -0.15) is 0 Å². The third kappa shape index (κ3) is 2.38. The van der Waals surface area contributed by atoms with E-state index in [2.05, 4.69) is 4.98 Å². The lowest BCUT2D eigenvalue weighted by Crippen LogP contribution is -1.94. The van der Waals surface area contributed by atoms with Crippen LogP contribution in [0.15, 0.2) is 60.8 Å². The Labute approximate surface area is 121 Å². The molecule has 1 heterocycles. The highest BCUT2D eigenvalue weighted by Crippen LogP contribution is 2.20. The topological polar surface area (TPSA) is 32.9 Å². The summed E-state index contributed by atoms with van der Waals surface area (Å²) >= 11 is 6.01. The summed E-state index contributed by atoms with van der Waals surface area (Å²) in [5.74, 6) is -0.0964. The summed E-state index contributed by atoms with van der Waals surface area (Å²) in [4.78, 5) is 15.3. The Kier molecular flexibility index (Phi) is 3.40. The average molecular weight is 282 g/mol. The predicted octanol–water partition coefficient (Wildman–Crippen LogP) is 4.72. The predicted molar refractivity (Wildman–Crippen MR) is 83.1 cm³/mol. The highest BCUT2D eigenvalue weighted by atomic mass is 35.5. The number of rotatable bonds is 3. The Hall–Kier alpha value is -2.32. The van der Waals surface area contributed by atoms with Gasteiger partial charge in [0.2, 0.25) is 0 Å². The van der Waals surface area contributed by atoms with E-state index in [0.29, 0.717) is 10.6 Å². The van der Waals surface area contributed by atoms with Gasteiger partial charge in [0.1, 0.15) is 0 Å². The molecule has 1 aromatic heterocycles. The van der Waals surface area contributed by atoms with E-state index >= 15 is 0 Å². The fourth-order valence-electron chi connectivity index (χ4n) is 2.15. The molecule has 20 heavy (non-hydrogen) atoms. The number of allylic oxidation sites excluding steroid dienone is 1. The van der Waals surface area contributed by atoms with Crippen molar-refractivity contribution in [3.8, 4) is 0 Å². The molecule has 0 bridgehead atoms. The minimum atomic E-state index is -0.0964. The molecule has 0 saturated heterocycles. The van der Waals surface area contributed by atoms with Crippen molar-refractivity contribution in [1.82, 2.24) is 4.98 Å². The third-order valence-corrected chi connectivity index (χ3v) is 3.50. The molecule has 0 spiro atoms. The van der Waals surface area contributed by atoms with Crippen LogP contribution in [0, 0.1) is 0 Å². The van der Waals surface area contributed by atoms with Crippen LogP contribution in [0.5, 0.6) is 0 Å². The number of benzene rings is 2. The molecule has 0 aliphatic heterocycles. The largest absolute Gasteiger partial charge is 0.361 e. The van der Waals surface area contributed by atoms with Crippen molar-refractivity contribution in [1.29, 1.82) is 0 Å². The average Bonchev–Trinajstić information content (AvgIpc) is 2.88. The van der Waals surface area contributed by atoms with Gasteiger partial charge in [0.15, 0.2) is 5.78 Å². The van der Waals surface area contributed by atoms with Crippen LogP contribution < -0.4 is 0 Å². The molecule has 2 nitrogen and oxygen atoms in total. The first-order valence-electron chi connectivity index (χ1n) is 6.29. The maximum absolute atomic E-state index is 12.1. The SMILES string of the molecule is O=C(/C=C/c1c[nH]c2ccccc12)c1ccccc1Cl. The van der Waals surface area contributed by atoms with Crippen LogP contribution in [0.1, 0.15) is 15.9 Å². The van der Waals surface area contributed by atoms with Gasteiger partial charge in [0.05, 0.1) is 5.02 Å². The first-order chi connectivity index (χ1) is 9.75. The smallest absolute Gasteiger partial charge is 0.187 e. The van der Waals surface area contributed by atoms with Crippen LogP contribution in [0.25, 0.3) is 17.0 Å². The highest BCUT2D eigenvalue weighted by molar-refractivity contribution is 6.34. The molecule has 0 radical (unpaired) electrons. The lowest BCUT2D eigenvalue weighted by Gasteiger charge is -1.98. The summed E-state index contributed by atoms with van der Waals surface area (Å²) in [6.07, 6.45) is 5.25. The summed E-state index contributed by atoms with van der Waals surface area (Å²) in [6.45, 7) is 0. The van der Waals surface area contributed by atoms with Crippen LogP contribution >= 0.6 is 11.6 Å². The number of carbonyl (C=O) groups is 1. The molecule has 98 valence electrons. The van der Waals surface area contributed by atoms with Gasteiger partial charge in [-0.25, -0.2) is 0 Å². The Bertz CT molecular complexity index is 801. The molecule has 1 N–H and O–H groups in total. The first kappa shape index (κ1) is 12.7. The van der Waals surface area contributed by atoms with Crippen molar-refractivity contribution in [2.75, 3.05) is 0 Å². The van der Waals surface area contributed by atoms with Crippen molar-refractivity contribution < 1.29 is 4.79 Å². The molecule has 3 rings (SSSR count). The van der Waals surface area contributed by atoms with E-state index in [-0.39, 0.29) is 5.78 Å². The Morgan fingerprint density at radius 2 is 1.80 bits per heavy atom. The number of aromatic amines is 1. The number of ketones is 1. The van der Waals surface area contributed by atoms with Gasteiger partial charge < -0.3 is 4.98 Å². The van der Waals surface area contributed by atoms with Crippen molar-refractivity contribution in [3.63, 3.8) is 0 Å². The summed E-state index contributed by atoms with van der Waals surface area (Å²) in [7, 11) is 0. The molecule has 3 aromatic rings. The fraction of sp³-hybridized carbons (Fsp3) is 0.